The molecule has 1 aromatic heterocycles. The first-order valence-electron chi connectivity index (χ1n) is 9.32. The number of hydrogen-bond donors (Lipinski definition) is 2. The minimum absolute atomic E-state index is 0.0628. The monoisotopic (exact) mass is 449 g/mol. The summed E-state index contributed by atoms with van der Waals surface area (Å²) >= 11 is 6.11. The van der Waals surface area contributed by atoms with E-state index in [1.165, 1.54) is 19.1 Å². The van der Waals surface area contributed by atoms with Gasteiger partial charge in [-0.3, -0.25) is 19.0 Å². The molecule has 1 heterocycles. The van der Waals surface area contributed by atoms with Gasteiger partial charge >= 0.3 is 5.97 Å². The Balaban J connectivity index is 1.94. The highest BCUT2D eigenvalue weighted by molar-refractivity contribution is 6.34. The zero-order valence-corrected chi connectivity index (χ0v) is 17.1. The minimum Gasteiger partial charge on any atom is -0.481 e. The SMILES string of the molecule is C[C@H](NC(=O)Cn1c(CCC(=O)O)nc2c(Cl)cccc2c1=O)c1c(F)cccc1F. The summed E-state index contributed by atoms with van der Waals surface area (Å²) in [6.45, 7) is 0.898. The molecule has 0 saturated heterocycles. The zero-order chi connectivity index (χ0) is 22.7. The van der Waals surface area contributed by atoms with E-state index in [1.54, 1.807) is 12.1 Å². The summed E-state index contributed by atoms with van der Waals surface area (Å²) in [7, 11) is 0. The normalized spacial score (nSPS) is 12.0. The standard InChI is InChI=1S/C21H18ClF2N3O4/c1-11(19-14(23)6-3-7-15(19)24)25-17(28)10-27-16(8-9-18(29)30)26-20-12(21(27)31)4-2-5-13(20)22/h2-7,11H,8-10H2,1H3,(H,25,28)(H,29,30)/t11-/m0/s1. The highest BCUT2D eigenvalue weighted by Gasteiger charge is 2.20. The van der Waals surface area contributed by atoms with Crippen LogP contribution in [-0.4, -0.2) is 26.5 Å². The molecule has 162 valence electrons. The van der Waals surface area contributed by atoms with Crippen molar-refractivity contribution in [3.8, 4) is 0 Å². The molecule has 7 nitrogen and oxygen atoms in total. The number of aliphatic carboxylic acids is 1. The molecule has 1 atom stereocenters. The van der Waals surface area contributed by atoms with Crippen LogP contribution in [0.3, 0.4) is 0 Å². The number of halogens is 3. The number of hydrogen-bond acceptors (Lipinski definition) is 4. The number of amides is 1. The van der Waals surface area contributed by atoms with Gasteiger partial charge in [0.05, 0.1) is 28.4 Å². The molecule has 2 N–H and O–H groups in total. The average Bonchev–Trinajstić information content (AvgIpc) is 2.69. The van der Waals surface area contributed by atoms with Gasteiger partial charge in [0, 0.05) is 12.0 Å². The number of carboxylic acid groups (broad SMARTS) is 1. The summed E-state index contributed by atoms with van der Waals surface area (Å²) in [5.74, 6) is -3.36. The molecule has 3 aromatic rings. The number of carboxylic acids is 1. The topological polar surface area (TPSA) is 101 Å². The Kier molecular flexibility index (Phi) is 6.65. The van der Waals surface area contributed by atoms with Crippen molar-refractivity contribution in [2.75, 3.05) is 0 Å². The Morgan fingerprint density at radius 2 is 1.84 bits per heavy atom. The van der Waals surface area contributed by atoms with Crippen LogP contribution in [0.4, 0.5) is 8.78 Å². The van der Waals surface area contributed by atoms with E-state index in [2.05, 4.69) is 10.3 Å². The molecule has 31 heavy (non-hydrogen) atoms. The van der Waals surface area contributed by atoms with Crippen LogP contribution in [-0.2, 0) is 22.6 Å². The number of carbonyl (C=O) groups excluding carboxylic acids is 1. The van der Waals surface area contributed by atoms with Gasteiger partial charge in [-0.15, -0.1) is 0 Å². The van der Waals surface area contributed by atoms with E-state index in [0.29, 0.717) is 0 Å². The summed E-state index contributed by atoms with van der Waals surface area (Å²) in [6.07, 6.45) is -0.433. The van der Waals surface area contributed by atoms with Crippen molar-refractivity contribution in [1.29, 1.82) is 0 Å². The van der Waals surface area contributed by atoms with Gasteiger partial charge < -0.3 is 10.4 Å². The zero-order valence-electron chi connectivity index (χ0n) is 16.4. The highest BCUT2D eigenvalue weighted by Crippen LogP contribution is 2.21. The Morgan fingerprint density at radius 1 is 1.19 bits per heavy atom. The molecule has 0 aliphatic rings. The maximum atomic E-state index is 14.0. The molecule has 0 radical (unpaired) electrons. The van der Waals surface area contributed by atoms with Crippen molar-refractivity contribution in [3.05, 3.63) is 74.8 Å². The van der Waals surface area contributed by atoms with Crippen molar-refractivity contribution in [2.45, 2.75) is 32.4 Å². The van der Waals surface area contributed by atoms with Crippen molar-refractivity contribution < 1.29 is 23.5 Å². The van der Waals surface area contributed by atoms with Gasteiger partial charge in [-0.05, 0) is 31.2 Å². The largest absolute Gasteiger partial charge is 0.481 e. The fraction of sp³-hybridized carbons (Fsp3) is 0.238. The van der Waals surface area contributed by atoms with Crippen LogP contribution >= 0.6 is 11.6 Å². The second-order valence-corrected chi connectivity index (χ2v) is 7.28. The summed E-state index contributed by atoms with van der Waals surface area (Å²) < 4.78 is 29.0. The summed E-state index contributed by atoms with van der Waals surface area (Å²) in [5.41, 5.74) is -0.682. The number of fused-ring (bicyclic) bond motifs is 1. The van der Waals surface area contributed by atoms with E-state index in [9.17, 15) is 23.2 Å². The molecule has 0 aliphatic heterocycles. The van der Waals surface area contributed by atoms with Gasteiger partial charge in [-0.25, -0.2) is 13.8 Å². The second-order valence-electron chi connectivity index (χ2n) is 6.87. The molecule has 0 bridgehead atoms. The molecule has 0 spiro atoms. The quantitative estimate of drug-likeness (QED) is 0.576. The van der Waals surface area contributed by atoms with Crippen LogP contribution in [0.25, 0.3) is 10.9 Å². The average molecular weight is 450 g/mol. The first-order chi connectivity index (χ1) is 14.7. The molecule has 0 unspecified atom stereocenters. The number of nitrogens with one attached hydrogen (secondary N) is 1. The molecule has 10 heteroatoms. The lowest BCUT2D eigenvalue weighted by Gasteiger charge is -2.18. The lowest BCUT2D eigenvalue weighted by Crippen LogP contribution is -2.36. The molecular weight excluding hydrogens is 432 g/mol. The molecule has 3 rings (SSSR count). The van der Waals surface area contributed by atoms with E-state index >= 15 is 0 Å². The van der Waals surface area contributed by atoms with Crippen molar-refractivity contribution in [1.82, 2.24) is 14.9 Å². The number of rotatable bonds is 7. The summed E-state index contributed by atoms with van der Waals surface area (Å²) in [6, 6.07) is 6.94. The summed E-state index contributed by atoms with van der Waals surface area (Å²) in [5, 5.41) is 11.8. The Hall–Kier alpha value is -3.33. The van der Waals surface area contributed by atoms with Gasteiger partial charge in [0.2, 0.25) is 5.91 Å². The van der Waals surface area contributed by atoms with E-state index in [-0.39, 0.29) is 40.2 Å². The first kappa shape index (κ1) is 22.4. The third-order valence-corrected chi connectivity index (χ3v) is 4.99. The van der Waals surface area contributed by atoms with Crippen LogP contribution in [0.15, 0.2) is 41.2 Å². The molecule has 2 aromatic carbocycles. The van der Waals surface area contributed by atoms with Crippen LogP contribution in [0.5, 0.6) is 0 Å². The maximum Gasteiger partial charge on any atom is 0.303 e. The van der Waals surface area contributed by atoms with Crippen molar-refractivity contribution in [3.63, 3.8) is 0 Å². The number of carbonyl (C=O) groups is 2. The molecule has 1 amide bonds. The fourth-order valence-corrected chi connectivity index (χ4v) is 3.47. The van der Waals surface area contributed by atoms with Gasteiger partial charge in [0.1, 0.15) is 24.0 Å². The van der Waals surface area contributed by atoms with E-state index < -0.39 is 41.7 Å². The predicted molar refractivity (Wildman–Crippen MR) is 110 cm³/mol. The van der Waals surface area contributed by atoms with Crippen LogP contribution in [0.1, 0.15) is 30.8 Å². The summed E-state index contributed by atoms with van der Waals surface area (Å²) in [4.78, 5) is 40.8. The second kappa shape index (κ2) is 9.22. The smallest absolute Gasteiger partial charge is 0.303 e. The third kappa shape index (κ3) is 4.88. The molecule has 0 fully saturated rings. The third-order valence-electron chi connectivity index (χ3n) is 4.69. The number of para-hydroxylation sites is 1. The van der Waals surface area contributed by atoms with Crippen LogP contribution < -0.4 is 10.9 Å². The van der Waals surface area contributed by atoms with E-state index in [4.69, 9.17) is 16.7 Å². The Morgan fingerprint density at radius 3 is 2.48 bits per heavy atom. The van der Waals surface area contributed by atoms with E-state index in [1.807, 2.05) is 0 Å². The number of aromatic nitrogens is 2. The van der Waals surface area contributed by atoms with Crippen molar-refractivity contribution in [2.24, 2.45) is 0 Å². The minimum atomic E-state index is -1.10. The Labute approximate surface area is 180 Å². The number of benzene rings is 2. The number of aryl methyl sites for hydroxylation is 1. The maximum absolute atomic E-state index is 14.0. The molecule has 0 aliphatic carbocycles. The van der Waals surface area contributed by atoms with Gasteiger partial charge in [0.25, 0.3) is 5.56 Å². The van der Waals surface area contributed by atoms with Crippen LogP contribution in [0, 0.1) is 11.6 Å². The molecular formula is C21H18ClF2N3O4. The highest BCUT2D eigenvalue weighted by atomic mass is 35.5. The molecule has 0 saturated carbocycles. The van der Waals surface area contributed by atoms with E-state index in [0.717, 1.165) is 16.7 Å². The first-order valence-corrected chi connectivity index (χ1v) is 9.69. The van der Waals surface area contributed by atoms with Gasteiger partial charge in [-0.2, -0.15) is 0 Å². The van der Waals surface area contributed by atoms with Gasteiger partial charge in [0.15, 0.2) is 0 Å². The van der Waals surface area contributed by atoms with Crippen molar-refractivity contribution >= 4 is 34.4 Å². The van der Waals surface area contributed by atoms with Crippen LogP contribution in [0.2, 0.25) is 5.02 Å². The predicted octanol–water partition coefficient (Wildman–Crippen LogP) is 3.22. The fourth-order valence-electron chi connectivity index (χ4n) is 3.25. The number of nitrogens with zero attached hydrogens (tertiary/aromatic N) is 2. The Bertz CT molecular complexity index is 1210. The lowest BCUT2D eigenvalue weighted by molar-refractivity contribution is -0.137. The van der Waals surface area contributed by atoms with Gasteiger partial charge in [-0.1, -0.05) is 23.7 Å². The lowest BCUT2D eigenvalue weighted by atomic mass is 10.1.